The zero-order valence-electron chi connectivity index (χ0n) is 13.8. The van der Waals surface area contributed by atoms with Crippen LogP contribution < -0.4 is 10.1 Å². The molecule has 0 aliphatic rings. The van der Waals surface area contributed by atoms with Crippen LogP contribution >= 0.6 is 0 Å². The lowest BCUT2D eigenvalue weighted by Crippen LogP contribution is -2.21. The minimum atomic E-state index is -0.659. The average molecular weight is 342 g/mol. The summed E-state index contributed by atoms with van der Waals surface area (Å²) >= 11 is 0. The molecule has 0 saturated carbocycles. The van der Waals surface area contributed by atoms with Crippen LogP contribution in [0.1, 0.15) is 0 Å². The Hall–Kier alpha value is -3.60. The van der Waals surface area contributed by atoms with Crippen molar-refractivity contribution in [3.8, 4) is 11.8 Å². The van der Waals surface area contributed by atoms with Gasteiger partial charge in [-0.2, -0.15) is 5.26 Å². The van der Waals surface area contributed by atoms with E-state index >= 15 is 0 Å². The highest BCUT2D eigenvalue weighted by molar-refractivity contribution is 6.07. The molecule has 0 bridgehead atoms. The van der Waals surface area contributed by atoms with E-state index in [2.05, 4.69) is 18.5 Å². The fourth-order valence-electron chi connectivity index (χ4n) is 1.92. The number of hydrogen-bond donors (Lipinski definition) is 1. The lowest BCUT2D eigenvalue weighted by atomic mass is 10.2. The number of benzene rings is 1. The fraction of sp³-hybridized carbons (Fsp3) is 0.176. The molecule has 8 heteroatoms. The van der Waals surface area contributed by atoms with E-state index in [0.717, 1.165) is 0 Å². The van der Waals surface area contributed by atoms with E-state index in [1.807, 2.05) is 6.07 Å². The van der Waals surface area contributed by atoms with Crippen molar-refractivity contribution in [1.82, 2.24) is 4.90 Å². The number of rotatable bonds is 9. The molecule has 0 atom stereocenters. The largest absolute Gasteiger partial charge is 0.494 e. The van der Waals surface area contributed by atoms with E-state index in [0.29, 0.717) is 13.1 Å². The Balaban J connectivity index is 3.06. The Morgan fingerprint density at radius 3 is 2.56 bits per heavy atom. The maximum Gasteiger partial charge on any atom is 0.273 e. The van der Waals surface area contributed by atoms with Crippen LogP contribution in [0.15, 0.2) is 55.3 Å². The number of ether oxygens (including phenoxy) is 1. The van der Waals surface area contributed by atoms with E-state index in [4.69, 9.17) is 4.74 Å². The van der Waals surface area contributed by atoms with Gasteiger partial charge in [0.25, 0.3) is 11.6 Å². The number of anilines is 1. The third-order valence-electron chi connectivity index (χ3n) is 3.05. The van der Waals surface area contributed by atoms with Gasteiger partial charge in [-0.3, -0.25) is 14.9 Å². The second kappa shape index (κ2) is 9.52. The highest BCUT2D eigenvalue weighted by Crippen LogP contribution is 2.29. The number of hydrogen-bond acceptors (Lipinski definition) is 6. The number of nitrogens with one attached hydrogen (secondary N) is 1. The lowest BCUT2D eigenvalue weighted by molar-refractivity contribution is -0.384. The number of carbonyl (C=O) groups is 1. The standard InChI is InChI=1S/C17H18N4O4/c1-4-8-20(9-5-2)12-13(11-18)17(22)19-15-7-6-14(21(23)24)10-16(15)25-3/h4-7,10,12H,1-2,8-9H2,3H3,(H,19,22)/b13-12-. The third kappa shape index (κ3) is 5.51. The molecule has 0 spiro atoms. The van der Waals surface area contributed by atoms with Gasteiger partial charge >= 0.3 is 0 Å². The van der Waals surface area contributed by atoms with Gasteiger partial charge in [0.2, 0.25) is 0 Å². The third-order valence-corrected chi connectivity index (χ3v) is 3.05. The van der Waals surface area contributed by atoms with Crippen LogP contribution in [0.5, 0.6) is 5.75 Å². The van der Waals surface area contributed by atoms with Gasteiger partial charge in [0.15, 0.2) is 0 Å². The topological polar surface area (TPSA) is 109 Å². The smallest absolute Gasteiger partial charge is 0.273 e. The quantitative estimate of drug-likeness (QED) is 0.243. The summed E-state index contributed by atoms with van der Waals surface area (Å²) in [6, 6.07) is 5.59. The molecule has 0 unspecified atom stereocenters. The summed E-state index contributed by atoms with van der Waals surface area (Å²) in [6.07, 6.45) is 4.66. The predicted octanol–water partition coefficient (Wildman–Crippen LogP) is 2.62. The number of nitro groups is 1. The molecule has 1 amide bonds. The monoisotopic (exact) mass is 342 g/mol. The molecule has 0 radical (unpaired) electrons. The Morgan fingerprint density at radius 2 is 2.08 bits per heavy atom. The first kappa shape index (κ1) is 19.4. The Labute approximate surface area is 145 Å². The molecule has 0 aliphatic carbocycles. The molecule has 25 heavy (non-hydrogen) atoms. The second-order valence-corrected chi connectivity index (χ2v) is 4.78. The van der Waals surface area contributed by atoms with Crippen molar-refractivity contribution in [3.63, 3.8) is 0 Å². The molecule has 1 aromatic carbocycles. The number of non-ortho nitro benzene ring substituents is 1. The number of nitrogens with zero attached hydrogens (tertiary/aromatic N) is 3. The first-order valence-corrected chi connectivity index (χ1v) is 7.18. The zero-order valence-corrected chi connectivity index (χ0v) is 13.8. The van der Waals surface area contributed by atoms with Gasteiger partial charge in [-0.05, 0) is 6.07 Å². The fourth-order valence-corrected chi connectivity index (χ4v) is 1.92. The van der Waals surface area contributed by atoms with E-state index in [1.54, 1.807) is 17.1 Å². The number of methoxy groups -OCH3 is 1. The SMILES string of the molecule is C=CCN(/C=C(/C#N)C(=O)Nc1ccc([N+](=O)[O-])cc1OC)CC=C. The maximum absolute atomic E-state index is 12.3. The van der Waals surface area contributed by atoms with Gasteiger partial charge < -0.3 is 15.0 Å². The molecule has 8 nitrogen and oxygen atoms in total. The molecule has 1 N–H and O–H groups in total. The van der Waals surface area contributed by atoms with Gasteiger partial charge in [0.1, 0.15) is 17.4 Å². The molecule has 0 aliphatic heterocycles. The Morgan fingerprint density at radius 1 is 1.44 bits per heavy atom. The molecular weight excluding hydrogens is 324 g/mol. The summed E-state index contributed by atoms with van der Waals surface area (Å²) in [5, 5.41) is 22.5. The molecule has 0 aromatic heterocycles. The van der Waals surface area contributed by atoms with Crippen LogP contribution in [-0.2, 0) is 4.79 Å². The number of amides is 1. The van der Waals surface area contributed by atoms with Gasteiger partial charge in [0, 0.05) is 25.4 Å². The zero-order chi connectivity index (χ0) is 18.8. The summed E-state index contributed by atoms with van der Waals surface area (Å²) in [7, 11) is 1.33. The molecule has 1 aromatic rings. The van der Waals surface area contributed by atoms with Crippen LogP contribution in [0.3, 0.4) is 0 Å². The van der Waals surface area contributed by atoms with Crippen molar-refractivity contribution in [2.45, 2.75) is 0 Å². The van der Waals surface area contributed by atoms with Crippen LogP contribution in [0.25, 0.3) is 0 Å². The minimum Gasteiger partial charge on any atom is -0.494 e. The summed E-state index contributed by atoms with van der Waals surface area (Å²) < 4.78 is 5.05. The maximum atomic E-state index is 12.3. The van der Waals surface area contributed by atoms with Crippen molar-refractivity contribution in [2.75, 3.05) is 25.5 Å². The highest BCUT2D eigenvalue weighted by atomic mass is 16.6. The van der Waals surface area contributed by atoms with Crippen LogP contribution in [0.2, 0.25) is 0 Å². The molecule has 130 valence electrons. The molecule has 0 fully saturated rings. The van der Waals surface area contributed by atoms with Gasteiger partial charge in [-0.1, -0.05) is 12.2 Å². The van der Waals surface area contributed by atoms with Crippen molar-refractivity contribution in [2.24, 2.45) is 0 Å². The predicted molar refractivity (Wildman–Crippen MR) is 93.9 cm³/mol. The summed E-state index contributed by atoms with van der Waals surface area (Å²) in [6.45, 7) is 8.10. The minimum absolute atomic E-state index is 0.119. The van der Waals surface area contributed by atoms with Gasteiger partial charge in [-0.15, -0.1) is 13.2 Å². The van der Waals surface area contributed by atoms with E-state index in [9.17, 15) is 20.2 Å². The normalized spacial score (nSPS) is 10.3. The van der Waals surface area contributed by atoms with Crippen LogP contribution in [0, 0.1) is 21.4 Å². The molecule has 0 saturated heterocycles. The Bertz CT molecular complexity index is 740. The second-order valence-electron chi connectivity index (χ2n) is 4.78. The average Bonchev–Trinajstić information content (AvgIpc) is 2.59. The van der Waals surface area contributed by atoms with Crippen molar-refractivity contribution in [1.29, 1.82) is 5.26 Å². The van der Waals surface area contributed by atoms with E-state index in [1.165, 1.54) is 31.5 Å². The summed E-state index contributed by atoms with van der Waals surface area (Å²) in [5.74, 6) is -0.540. The van der Waals surface area contributed by atoms with Crippen molar-refractivity contribution >= 4 is 17.3 Å². The molecule has 0 heterocycles. The van der Waals surface area contributed by atoms with E-state index in [-0.39, 0.29) is 22.7 Å². The van der Waals surface area contributed by atoms with Gasteiger partial charge in [-0.25, -0.2) is 0 Å². The lowest BCUT2D eigenvalue weighted by Gasteiger charge is -2.17. The summed E-state index contributed by atoms with van der Waals surface area (Å²) in [4.78, 5) is 24.2. The van der Waals surface area contributed by atoms with Crippen LogP contribution in [0.4, 0.5) is 11.4 Å². The first-order chi connectivity index (χ1) is 12.0. The van der Waals surface area contributed by atoms with E-state index < -0.39 is 10.8 Å². The highest BCUT2D eigenvalue weighted by Gasteiger charge is 2.16. The Kier molecular flexibility index (Phi) is 7.40. The van der Waals surface area contributed by atoms with Crippen molar-refractivity contribution < 1.29 is 14.5 Å². The molecular formula is C17H18N4O4. The van der Waals surface area contributed by atoms with Crippen LogP contribution in [-0.4, -0.2) is 35.9 Å². The number of nitriles is 1. The van der Waals surface area contributed by atoms with Gasteiger partial charge in [0.05, 0.1) is 23.8 Å². The molecule has 1 rings (SSSR count). The number of nitro benzene ring substituents is 1. The first-order valence-electron chi connectivity index (χ1n) is 7.18. The summed E-state index contributed by atoms with van der Waals surface area (Å²) in [5.41, 5.74) is -0.0867. The number of carbonyl (C=O) groups excluding carboxylic acids is 1. The van der Waals surface area contributed by atoms with Crippen molar-refractivity contribution in [3.05, 3.63) is 65.4 Å².